The number of hydrogen-bond donors (Lipinski definition) is 0. The molecule has 0 fully saturated rings. The van der Waals surface area contributed by atoms with E-state index in [-0.39, 0.29) is 154 Å². The molecule has 0 unspecified atom stereocenters. The molecule has 0 spiro atoms. The number of hydrogen-bond acceptors (Lipinski definition) is 10. The average Bonchev–Trinajstić information content (AvgIpc) is 2.50. The smallest absolute Gasteiger partial charge is 0.545 e. The Morgan fingerprint density at radius 3 is 1.10 bits per heavy atom. The molecule has 0 aliphatic rings. The average molecular weight is 458 g/mol. The molecule has 10 nitrogen and oxygen atoms in total. The first kappa shape index (κ1) is 38.3. The molecule has 0 N–H and O–H groups in total. The van der Waals surface area contributed by atoms with Crippen LogP contribution in [0.1, 0.15) is 51.8 Å². The van der Waals surface area contributed by atoms with Gasteiger partial charge in [0.1, 0.15) is 0 Å². The summed E-state index contributed by atoms with van der Waals surface area (Å²) < 4.78 is 0. The van der Waals surface area contributed by atoms with Crippen molar-refractivity contribution >= 4 is 40.6 Å². The minimum atomic E-state index is -2.20. The van der Waals surface area contributed by atoms with E-state index in [1.807, 2.05) is 0 Å². The zero-order valence-corrected chi connectivity index (χ0v) is 26.8. The molecule has 0 saturated carbocycles. The Kier molecular flexibility index (Phi) is 20.2. The van der Waals surface area contributed by atoms with Crippen LogP contribution in [0.5, 0.6) is 0 Å². The van der Waals surface area contributed by atoms with Crippen molar-refractivity contribution in [3.05, 3.63) is 46.0 Å². The van der Waals surface area contributed by atoms with Gasteiger partial charge < -0.3 is 49.5 Å². The number of benzene rings is 2. The zero-order chi connectivity index (χ0) is 19.0. The molecule has 0 amide bonds. The monoisotopic (exact) mass is 458 g/mol. The van der Waals surface area contributed by atoms with Gasteiger partial charge >= 0.3 is 148 Å². The molecule has 0 radical (unpaired) electrons. The molecule has 2 aromatic rings. The van der Waals surface area contributed by atoms with Crippen LogP contribution in [0, 0.1) is 0 Å². The number of aromatic carboxylic acids is 5. The van der Waals surface area contributed by atoms with Crippen molar-refractivity contribution < 1.29 is 197 Å². The number of carbonyl (C=O) groups is 5. The van der Waals surface area contributed by atoms with Crippen LogP contribution < -0.4 is 173 Å². The first-order valence-corrected chi connectivity index (χ1v) is 6.28. The maximum absolute atomic E-state index is 11.3. The Balaban J connectivity index is -0.000000676. The Labute approximate surface area is 279 Å². The normalized spacial score (nSPS) is 8.67. The van der Waals surface area contributed by atoms with Crippen molar-refractivity contribution in [1.82, 2.24) is 0 Å². The second kappa shape index (κ2) is 15.8. The molecular formula is C15H3Na5O10. The molecule has 0 aromatic heterocycles. The zero-order valence-electron chi connectivity index (χ0n) is 16.8. The molecule has 128 valence electrons. The van der Waals surface area contributed by atoms with Gasteiger partial charge in [0, 0.05) is 38.6 Å². The van der Waals surface area contributed by atoms with Gasteiger partial charge in [-0.2, -0.15) is 0 Å². The van der Waals surface area contributed by atoms with Gasteiger partial charge in [0.15, 0.2) is 0 Å². The van der Waals surface area contributed by atoms with Gasteiger partial charge in [-0.25, -0.2) is 0 Å². The van der Waals surface area contributed by atoms with E-state index in [9.17, 15) is 49.5 Å². The van der Waals surface area contributed by atoms with E-state index in [2.05, 4.69) is 0 Å². The molecule has 0 saturated heterocycles. The molecule has 2 rings (SSSR count). The second-order valence-electron chi connectivity index (χ2n) is 4.69. The van der Waals surface area contributed by atoms with Crippen LogP contribution in [0.4, 0.5) is 0 Å². The summed E-state index contributed by atoms with van der Waals surface area (Å²) in [6.45, 7) is 0. The van der Waals surface area contributed by atoms with Gasteiger partial charge in [-0.05, 0) is 6.07 Å². The number of carboxylic acids is 5. The largest absolute Gasteiger partial charge is 1.00 e. The number of rotatable bonds is 5. The third-order valence-electron chi connectivity index (χ3n) is 3.37. The van der Waals surface area contributed by atoms with E-state index >= 15 is 0 Å². The SMILES string of the molecule is O=C([O-])c1cc(C(=O)[O-])c2c(C(=O)[O-])ccc(C(=O)[O-])c2c1C(=O)[O-].[Na+].[Na+].[Na+].[Na+].[Na+]. The second-order valence-corrected chi connectivity index (χ2v) is 4.69. The summed E-state index contributed by atoms with van der Waals surface area (Å²) in [7, 11) is 0. The summed E-state index contributed by atoms with van der Waals surface area (Å²) >= 11 is 0. The van der Waals surface area contributed by atoms with Crippen LogP contribution in [0.15, 0.2) is 18.2 Å². The van der Waals surface area contributed by atoms with Gasteiger partial charge in [-0.3, -0.25) is 0 Å². The van der Waals surface area contributed by atoms with Gasteiger partial charge in [0.25, 0.3) is 0 Å². The van der Waals surface area contributed by atoms with Crippen LogP contribution in [0.2, 0.25) is 0 Å². The number of carbonyl (C=O) groups excluding carboxylic acids is 5. The molecular weight excluding hydrogens is 455 g/mol. The van der Waals surface area contributed by atoms with E-state index in [0.29, 0.717) is 12.1 Å². The first-order valence-electron chi connectivity index (χ1n) is 6.28. The quantitative estimate of drug-likeness (QED) is 0.387. The van der Waals surface area contributed by atoms with E-state index in [0.717, 1.165) is 0 Å². The summed E-state index contributed by atoms with van der Waals surface area (Å²) in [6.07, 6.45) is 0. The minimum Gasteiger partial charge on any atom is -0.545 e. The van der Waals surface area contributed by atoms with Crippen LogP contribution in [0.25, 0.3) is 10.8 Å². The van der Waals surface area contributed by atoms with Crippen molar-refractivity contribution in [2.75, 3.05) is 0 Å². The standard InChI is InChI=1S/C15H8O10.5Na/c16-11(17)4-1-2-5(12(18)19)9-8(4)6(13(20)21)3-7(14(22)23)10(9)15(24)25;;;;;/h1-3H,(H,16,17)(H,18,19)(H,20,21)(H,22,23)(H,24,25);;;;;/q;5*+1/p-5. The fourth-order valence-corrected chi connectivity index (χ4v) is 2.44. The van der Waals surface area contributed by atoms with E-state index in [4.69, 9.17) is 0 Å². The maximum atomic E-state index is 11.3. The van der Waals surface area contributed by atoms with Crippen molar-refractivity contribution in [2.24, 2.45) is 0 Å². The van der Waals surface area contributed by atoms with E-state index < -0.39 is 68.4 Å². The molecule has 2 aromatic carbocycles. The topological polar surface area (TPSA) is 201 Å². The Morgan fingerprint density at radius 2 is 0.800 bits per heavy atom. The Bertz CT molecular complexity index is 1010. The Hall–Kier alpha value is 1.05. The molecule has 30 heavy (non-hydrogen) atoms. The summed E-state index contributed by atoms with van der Waals surface area (Å²) in [5.41, 5.74) is -5.45. The molecule has 0 bridgehead atoms. The third-order valence-corrected chi connectivity index (χ3v) is 3.37. The van der Waals surface area contributed by atoms with Crippen LogP contribution in [-0.4, -0.2) is 29.8 Å². The van der Waals surface area contributed by atoms with Crippen molar-refractivity contribution in [3.63, 3.8) is 0 Å². The molecule has 0 heterocycles. The summed E-state index contributed by atoms with van der Waals surface area (Å²) in [6, 6.07) is 1.53. The van der Waals surface area contributed by atoms with Gasteiger partial charge in [0.2, 0.25) is 0 Å². The Morgan fingerprint density at radius 1 is 0.467 bits per heavy atom. The van der Waals surface area contributed by atoms with Gasteiger partial charge in [0.05, 0.1) is 29.8 Å². The number of carboxylic acid groups (broad SMARTS) is 5. The molecule has 15 heteroatoms. The summed E-state index contributed by atoms with van der Waals surface area (Å²) in [4.78, 5) is 56.1. The van der Waals surface area contributed by atoms with E-state index in [1.54, 1.807) is 0 Å². The summed E-state index contributed by atoms with van der Waals surface area (Å²) in [5, 5.41) is 54.2. The van der Waals surface area contributed by atoms with Crippen LogP contribution >= 0.6 is 0 Å². The van der Waals surface area contributed by atoms with Gasteiger partial charge in [-0.1, -0.05) is 12.1 Å². The van der Waals surface area contributed by atoms with Crippen molar-refractivity contribution in [1.29, 1.82) is 0 Å². The fourth-order valence-electron chi connectivity index (χ4n) is 2.44. The predicted octanol–water partition coefficient (Wildman–Crippen LogP) is -20.3. The van der Waals surface area contributed by atoms with Crippen LogP contribution in [0.3, 0.4) is 0 Å². The maximum Gasteiger partial charge on any atom is 1.00 e. The van der Waals surface area contributed by atoms with Crippen molar-refractivity contribution in [2.45, 2.75) is 0 Å². The first-order chi connectivity index (χ1) is 11.6. The third kappa shape index (κ3) is 7.82. The molecule has 0 aliphatic carbocycles. The van der Waals surface area contributed by atoms with Crippen molar-refractivity contribution in [3.8, 4) is 0 Å². The fraction of sp³-hybridized carbons (Fsp3) is 0. The molecule has 0 atom stereocenters. The van der Waals surface area contributed by atoms with Crippen LogP contribution in [-0.2, 0) is 0 Å². The number of fused-ring (bicyclic) bond motifs is 1. The van der Waals surface area contributed by atoms with E-state index in [1.165, 1.54) is 0 Å². The molecule has 0 aliphatic heterocycles. The summed E-state index contributed by atoms with van der Waals surface area (Å²) in [5.74, 6) is -10.4. The minimum absolute atomic E-state index is 0. The van der Waals surface area contributed by atoms with Gasteiger partial charge in [-0.15, -0.1) is 0 Å². The predicted molar refractivity (Wildman–Crippen MR) is 65.6 cm³/mol.